The maximum absolute atomic E-state index is 10.5. The SMILES string of the molecule is CNC[C@@H](O)COc1ccc(Cl)c(-c2nc(/C(C(C)=N)=C(\C)O)c(C)c(N3Cc4cnc(SC)nc4C3)n2)c1. The first kappa shape index (κ1) is 28.8. The van der Waals surface area contributed by atoms with E-state index in [9.17, 15) is 10.2 Å². The minimum atomic E-state index is -0.676. The second kappa shape index (κ2) is 12.3. The molecule has 0 unspecified atom stereocenters. The lowest BCUT2D eigenvalue weighted by atomic mass is 10.0. The van der Waals surface area contributed by atoms with E-state index in [1.807, 2.05) is 19.4 Å². The summed E-state index contributed by atoms with van der Waals surface area (Å²) in [5.41, 5.74) is 4.15. The fourth-order valence-electron chi connectivity index (χ4n) is 4.43. The fourth-order valence-corrected chi connectivity index (χ4v) is 4.99. The van der Waals surface area contributed by atoms with Crippen LogP contribution in [0.1, 0.15) is 36.4 Å². The number of nitrogens with zero attached hydrogens (tertiary/aromatic N) is 5. The van der Waals surface area contributed by atoms with Crippen LogP contribution in [0.3, 0.4) is 0 Å². The van der Waals surface area contributed by atoms with Crippen molar-refractivity contribution < 1.29 is 14.9 Å². The summed E-state index contributed by atoms with van der Waals surface area (Å²) in [5.74, 6) is 1.46. The number of nitrogens with one attached hydrogen (secondary N) is 2. The zero-order chi connectivity index (χ0) is 28.3. The number of thioether (sulfide) groups is 1. The van der Waals surface area contributed by atoms with E-state index in [0.29, 0.717) is 64.0 Å². The van der Waals surface area contributed by atoms with E-state index in [-0.39, 0.29) is 18.1 Å². The summed E-state index contributed by atoms with van der Waals surface area (Å²) < 4.78 is 5.79. The van der Waals surface area contributed by atoms with Gasteiger partial charge in [0.25, 0.3) is 0 Å². The maximum atomic E-state index is 10.5. The first-order valence-corrected chi connectivity index (χ1v) is 14.0. The van der Waals surface area contributed by atoms with Crippen LogP contribution in [-0.2, 0) is 13.1 Å². The molecule has 1 aromatic carbocycles. The fraction of sp³-hybridized carbons (Fsp3) is 0.370. The quantitative estimate of drug-likeness (QED) is 0.120. The van der Waals surface area contributed by atoms with Gasteiger partial charge in [-0.2, -0.15) is 0 Å². The van der Waals surface area contributed by atoms with Gasteiger partial charge < -0.3 is 30.6 Å². The van der Waals surface area contributed by atoms with Gasteiger partial charge in [-0.1, -0.05) is 23.4 Å². The van der Waals surface area contributed by atoms with Crippen LogP contribution in [0, 0.1) is 12.3 Å². The molecule has 3 heterocycles. The topological polar surface area (TPSA) is 140 Å². The van der Waals surface area contributed by atoms with Gasteiger partial charge in [0.15, 0.2) is 11.0 Å². The summed E-state index contributed by atoms with van der Waals surface area (Å²) in [7, 11) is 1.76. The Balaban J connectivity index is 1.82. The van der Waals surface area contributed by atoms with Gasteiger partial charge in [0, 0.05) is 41.7 Å². The zero-order valence-corrected chi connectivity index (χ0v) is 24.1. The van der Waals surface area contributed by atoms with Crippen molar-refractivity contribution >= 4 is 40.5 Å². The lowest BCUT2D eigenvalue weighted by molar-refractivity contribution is 0.108. The molecule has 4 rings (SSSR count). The third-order valence-corrected chi connectivity index (χ3v) is 7.16. The number of rotatable bonds is 10. The molecule has 12 heteroatoms. The van der Waals surface area contributed by atoms with E-state index in [1.165, 1.54) is 18.7 Å². The molecule has 3 aromatic rings. The van der Waals surface area contributed by atoms with Gasteiger partial charge in [-0.05, 0) is 52.3 Å². The van der Waals surface area contributed by atoms with Crippen LogP contribution in [-0.4, -0.2) is 68.4 Å². The van der Waals surface area contributed by atoms with Crippen molar-refractivity contribution in [2.75, 3.05) is 31.4 Å². The number of hydrogen-bond donors (Lipinski definition) is 4. The Morgan fingerprint density at radius 2 is 2.03 bits per heavy atom. The number of likely N-dealkylation sites (N-methyl/N-ethyl adjacent to an activating group) is 1. The highest BCUT2D eigenvalue weighted by Crippen LogP contribution is 2.37. The van der Waals surface area contributed by atoms with Crippen molar-refractivity contribution in [3.05, 3.63) is 57.7 Å². The van der Waals surface area contributed by atoms with Crippen molar-refractivity contribution in [2.45, 2.75) is 45.1 Å². The molecule has 10 nitrogen and oxygen atoms in total. The summed E-state index contributed by atoms with van der Waals surface area (Å²) in [5, 5.41) is 32.9. The molecule has 4 N–H and O–H groups in total. The Bertz CT molecular complexity index is 1430. The normalized spacial score (nSPS) is 14.2. The van der Waals surface area contributed by atoms with E-state index in [4.69, 9.17) is 31.7 Å². The summed E-state index contributed by atoms with van der Waals surface area (Å²) in [6.45, 7) is 6.61. The van der Waals surface area contributed by atoms with Crippen molar-refractivity contribution in [3.8, 4) is 17.1 Å². The number of ether oxygens (including phenoxy) is 1. The van der Waals surface area contributed by atoms with Crippen LogP contribution in [0.25, 0.3) is 17.0 Å². The van der Waals surface area contributed by atoms with Gasteiger partial charge in [-0.25, -0.2) is 19.9 Å². The molecule has 0 saturated carbocycles. The van der Waals surface area contributed by atoms with Gasteiger partial charge >= 0.3 is 0 Å². The minimum absolute atomic E-state index is 0.0110. The van der Waals surface area contributed by atoms with Crippen LogP contribution < -0.4 is 15.0 Å². The molecule has 0 radical (unpaired) electrons. The number of benzene rings is 1. The summed E-state index contributed by atoms with van der Waals surface area (Å²) >= 11 is 8.11. The van der Waals surface area contributed by atoms with Crippen LogP contribution in [0.4, 0.5) is 5.82 Å². The smallest absolute Gasteiger partial charge is 0.187 e. The molecular formula is C27H32ClN7O3S. The largest absolute Gasteiger partial charge is 0.512 e. The number of aliphatic hydroxyl groups excluding tert-OH is 2. The zero-order valence-electron chi connectivity index (χ0n) is 22.5. The summed E-state index contributed by atoms with van der Waals surface area (Å²) in [4.78, 5) is 20.9. The number of allylic oxidation sites excluding steroid dienone is 2. The van der Waals surface area contributed by atoms with Gasteiger partial charge in [0.05, 0.1) is 28.5 Å². The van der Waals surface area contributed by atoms with E-state index < -0.39 is 6.10 Å². The molecule has 0 amide bonds. The first-order valence-electron chi connectivity index (χ1n) is 12.4. The van der Waals surface area contributed by atoms with Crippen molar-refractivity contribution in [1.29, 1.82) is 5.41 Å². The van der Waals surface area contributed by atoms with Crippen LogP contribution in [0.15, 0.2) is 35.3 Å². The average Bonchev–Trinajstić information content (AvgIpc) is 3.32. The molecule has 1 atom stereocenters. The van der Waals surface area contributed by atoms with Crippen LogP contribution >= 0.6 is 23.4 Å². The van der Waals surface area contributed by atoms with E-state index >= 15 is 0 Å². The van der Waals surface area contributed by atoms with Crippen molar-refractivity contribution in [1.82, 2.24) is 25.3 Å². The van der Waals surface area contributed by atoms with E-state index in [0.717, 1.165) is 16.8 Å². The second-order valence-corrected chi connectivity index (χ2v) is 10.5. The molecule has 0 fully saturated rings. The molecule has 2 aromatic heterocycles. The molecule has 206 valence electrons. The Morgan fingerprint density at radius 1 is 1.26 bits per heavy atom. The lowest BCUT2D eigenvalue weighted by Crippen LogP contribution is -2.29. The van der Waals surface area contributed by atoms with Crippen molar-refractivity contribution in [2.24, 2.45) is 0 Å². The third-order valence-electron chi connectivity index (χ3n) is 6.27. The van der Waals surface area contributed by atoms with Crippen LogP contribution in [0.5, 0.6) is 5.75 Å². The van der Waals surface area contributed by atoms with E-state index in [1.54, 1.807) is 32.2 Å². The number of halogens is 1. The van der Waals surface area contributed by atoms with Gasteiger partial charge in [0.2, 0.25) is 0 Å². The number of anilines is 1. The molecule has 0 saturated heterocycles. The third kappa shape index (κ3) is 6.33. The highest BCUT2D eigenvalue weighted by atomic mass is 35.5. The minimum Gasteiger partial charge on any atom is -0.512 e. The number of aliphatic hydroxyl groups is 2. The number of hydrogen-bond acceptors (Lipinski definition) is 11. The highest BCUT2D eigenvalue weighted by molar-refractivity contribution is 7.98. The van der Waals surface area contributed by atoms with Crippen molar-refractivity contribution in [3.63, 3.8) is 0 Å². The number of fused-ring (bicyclic) bond motifs is 1. The van der Waals surface area contributed by atoms with E-state index in [2.05, 4.69) is 20.2 Å². The highest BCUT2D eigenvalue weighted by Gasteiger charge is 2.28. The Hall–Kier alpha value is -3.25. The molecule has 1 aliphatic heterocycles. The predicted octanol–water partition coefficient (Wildman–Crippen LogP) is 4.43. The summed E-state index contributed by atoms with van der Waals surface area (Å²) in [6.07, 6.45) is 3.11. The lowest BCUT2D eigenvalue weighted by Gasteiger charge is -2.22. The molecule has 0 bridgehead atoms. The Morgan fingerprint density at radius 3 is 2.69 bits per heavy atom. The second-order valence-electron chi connectivity index (χ2n) is 9.28. The summed E-state index contributed by atoms with van der Waals surface area (Å²) in [6, 6.07) is 5.15. The molecule has 1 aliphatic rings. The number of aromatic nitrogens is 4. The van der Waals surface area contributed by atoms with Crippen LogP contribution in [0.2, 0.25) is 5.02 Å². The Labute approximate surface area is 237 Å². The molecule has 39 heavy (non-hydrogen) atoms. The standard InChI is InChI=1S/C27H32ClN7O3S/c1-14-24(23(15(2)29)16(3)36)33-25(20-8-19(6-7-21(20)28)38-13-18(37)10-30-4)34-26(14)35-11-17-9-31-27(39-5)32-22(17)12-35/h6-9,18,29-30,36-37H,10-13H2,1-5H3/b23-16+,29-15?/t18-/m1/s1. The molecule has 0 aliphatic carbocycles. The molecule has 0 spiro atoms. The average molecular weight is 570 g/mol. The van der Waals surface area contributed by atoms with Gasteiger partial charge in [-0.15, -0.1) is 0 Å². The Kier molecular flexibility index (Phi) is 9.06. The first-order chi connectivity index (χ1) is 18.6. The molecular weight excluding hydrogens is 538 g/mol. The monoisotopic (exact) mass is 569 g/mol. The maximum Gasteiger partial charge on any atom is 0.187 e. The van der Waals surface area contributed by atoms with Gasteiger partial charge in [0.1, 0.15) is 30.0 Å². The van der Waals surface area contributed by atoms with Gasteiger partial charge in [-0.3, -0.25) is 0 Å². The predicted molar refractivity (Wildman–Crippen MR) is 155 cm³/mol.